The molecule has 0 bridgehead atoms. The second kappa shape index (κ2) is 7.61. The molecule has 0 aliphatic carbocycles. The predicted octanol–water partition coefficient (Wildman–Crippen LogP) is 1.07. The molecule has 1 aliphatic heterocycles. The Balaban J connectivity index is 1.67. The lowest BCUT2D eigenvalue weighted by Gasteiger charge is -2.34. The third-order valence-electron chi connectivity index (χ3n) is 4.78. The Hall–Kier alpha value is -2.47. The van der Waals surface area contributed by atoms with Crippen LogP contribution in [0, 0.1) is 13.8 Å². The van der Waals surface area contributed by atoms with Gasteiger partial charge in [-0.05, 0) is 44.5 Å². The van der Waals surface area contributed by atoms with Crippen LogP contribution in [-0.4, -0.2) is 48.6 Å². The van der Waals surface area contributed by atoms with E-state index < -0.39 is 0 Å². The zero-order chi connectivity index (χ0) is 17.8. The predicted molar refractivity (Wildman–Crippen MR) is 99.4 cm³/mol. The van der Waals surface area contributed by atoms with E-state index in [0.717, 1.165) is 24.5 Å². The summed E-state index contributed by atoms with van der Waals surface area (Å²) in [6.07, 6.45) is 3.10. The number of rotatable bonds is 4. The van der Waals surface area contributed by atoms with Crippen molar-refractivity contribution in [2.24, 2.45) is 0 Å². The highest BCUT2D eigenvalue weighted by atomic mass is 16.1. The first-order valence-electron chi connectivity index (χ1n) is 8.86. The Labute approximate surface area is 148 Å². The van der Waals surface area contributed by atoms with Gasteiger partial charge < -0.3 is 15.1 Å². The average molecular weight is 340 g/mol. The molecule has 1 saturated heterocycles. The molecule has 0 spiro atoms. The van der Waals surface area contributed by atoms with Crippen molar-refractivity contribution in [3.05, 3.63) is 47.5 Å². The van der Waals surface area contributed by atoms with Crippen LogP contribution in [0.15, 0.2) is 30.6 Å². The van der Waals surface area contributed by atoms with Crippen LogP contribution in [0.3, 0.4) is 0 Å². The number of piperazine rings is 1. The minimum absolute atomic E-state index is 0.236. The summed E-state index contributed by atoms with van der Waals surface area (Å²) in [5, 5.41) is 2.90. The van der Waals surface area contributed by atoms with Gasteiger partial charge in [0.25, 0.3) is 5.91 Å². The lowest BCUT2D eigenvalue weighted by Crippen LogP contribution is -3.14. The molecule has 0 radical (unpaired) electrons. The van der Waals surface area contributed by atoms with Gasteiger partial charge in [-0.15, -0.1) is 0 Å². The number of hydrogen-bond acceptors (Lipinski definition) is 4. The summed E-state index contributed by atoms with van der Waals surface area (Å²) in [6, 6.07) is 6.08. The Morgan fingerprint density at radius 2 is 1.96 bits per heavy atom. The molecule has 1 aromatic carbocycles. The topological polar surface area (TPSA) is 62.6 Å². The van der Waals surface area contributed by atoms with Crippen LogP contribution in [0.5, 0.6) is 0 Å². The van der Waals surface area contributed by atoms with Crippen molar-refractivity contribution in [3.63, 3.8) is 0 Å². The Bertz CT molecular complexity index is 736. The highest BCUT2D eigenvalue weighted by Crippen LogP contribution is 2.24. The molecule has 1 amide bonds. The summed E-state index contributed by atoms with van der Waals surface area (Å²) in [7, 11) is 0. The molecule has 0 atom stereocenters. The fourth-order valence-corrected chi connectivity index (χ4v) is 3.21. The smallest absolute Gasteiger partial charge is 0.275 e. The fourth-order valence-electron chi connectivity index (χ4n) is 3.21. The first kappa shape index (κ1) is 17.4. The normalized spacial score (nSPS) is 15.2. The van der Waals surface area contributed by atoms with Gasteiger partial charge in [0.05, 0.1) is 44.6 Å². The molecule has 1 aromatic heterocycles. The summed E-state index contributed by atoms with van der Waals surface area (Å²) >= 11 is 0. The molecule has 1 aliphatic rings. The number of anilines is 2. The van der Waals surface area contributed by atoms with Gasteiger partial charge in [-0.3, -0.25) is 9.78 Å². The maximum Gasteiger partial charge on any atom is 0.275 e. The molecule has 2 aromatic rings. The van der Waals surface area contributed by atoms with E-state index in [-0.39, 0.29) is 5.91 Å². The molecule has 6 nitrogen and oxygen atoms in total. The molecule has 25 heavy (non-hydrogen) atoms. The first-order valence-corrected chi connectivity index (χ1v) is 8.86. The molecular weight excluding hydrogens is 314 g/mol. The minimum Gasteiger partial charge on any atom is -0.360 e. The van der Waals surface area contributed by atoms with E-state index in [1.165, 1.54) is 37.1 Å². The van der Waals surface area contributed by atoms with Gasteiger partial charge in [0.15, 0.2) is 0 Å². The van der Waals surface area contributed by atoms with Crippen molar-refractivity contribution in [1.82, 2.24) is 9.97 Å². The molecule has 1 fully saturated rings. The highest BCUT2D eigenvalue weighted by molar-refractivity contribution is 6.02. The SMILES string of the molecule is CC[NH+]1CCN(c2ccc(NC(=O)c3cnc(C)cn3)cc2C)CC1. The summed E-state index contributed by atoms with van der Waals surface area (Å²) in [5.41, 5.74) is 4.33. The number of likely N-dealkylation sites (N-methyl/N-ethyl adjacent to an activating group) is 1. The second-order valence-electron chi connectivity index (χ2n) is 6.59. The number of benzene rings is 1. The van der Waals surface area contributed by atoms with Gasteiger partial charge in [0, 0.05) is 17.6 Å². The van der Waals surface area contributed by atoms with E-state index in [4.69, 9.17) is 0 Å². The second-order valence-corrected chi connectivity index (χ2v) is 6.59. The number of aryl methyl sites for hydroxylation is 2. The monoisotopic (exact) mass is 340 g/mol. The molecule has 2 N–H and O–H groups in total. The van der Waals surface area contributed by atoms with E-state index in [9.17, 15) is 4.79 Å². The van der Waals surface area contributed by atoms with Crippen LogP contribution >= 0.6 is 0 Å². The number of quaternary nitrogens is 1. The molecule has 0 saturated carbocycles. The Morgan fingerprint density at radius 1 is 1.20 bits per heavy atom. The molecule has 6 heteroatoms. The third kappa shape index (κ3) is 4.14. The minimum atomic E-state index is -0.236. The number of aromatic nitrogens is 2. The van der Waals surface area contributed by atoms with Gasteiger partial charge >= 0.3 is 0 Å². The van der Waals surface area contributed by atoms with Crippen molar-refractivity contribution in [3.8, 4) is 0 Å². The highest BCUT2D eigenvalue weighted by Gasteiger charge is 2.20. The maximum absolute atomic E-state index is 12.3. The lowest BCUT2D eigenvalue weighted by atomic mass is 10.1. The maximum atomic E-state index is 12.3. The zero-order valence-corrected chi connectivity index (χ0v) is 15.2. The largest absolute Gasteiger partial charge is 0.360 e. The first-order chi connectivity index (χ1) is 12.1. The summed E-state index contributed by atoms with van der Waals surface area (Å²) in [4.78, 5) is 24.6. The molecule has 132 valence electrons. The Morgan fingerprint density at radius 3 is 2.56 bits per heavy atom. The van der Waals surface area contributed by atoms with Crippen molar-refractivity contribution in [2.75, 3.05) is 42.9 Å². The van der Waals surface area contributed by atoms with Gasteiger partial charge in [-0.25, -0.2) is 4.98 Å². The van der Waals surface area contributed by atoms with Crippen LogP contribution in [0.1, 0.15) is 28.7 Å². The Kier molecular flexibility index (Phi) is 5.28. The molecule has 3 rings (SSSR count). The van der Waals surface area contributed by atoms with Crippen LogP contribution in [0.25, 0.3) is 0 Å². The number of carbonyl (C=O) groups excluding carboxylic acids is 1. The van der Waals surface area contributed by atoms with Crippen molar-refractivity contribution in [1.29, 1.82) is 0 Å². The number of amides is 1. The van der Waals surface area contributed by atoms with E-state index in [2.05, 4.69) is 40.1 Å². The third-order valence-corrected chi connectivity index (χ3v) is 4.78. The van der Waals surface area contributed by atoms with Crippen LogP contribution in [0.4, 0.5) is 11.4 Å². The average Bonchev–Trinajstić information content (AvgIpc) is 2.62. The summed E-state index contributed by atoms with van der Waals surface area (Å²) in [5.74, 6) is -0.236. The standard InChI is InChI=1S/C19H25N5O/c1-4-23-7-9-24(10-8-23)18-6-5-16(11-14(18)2)22-19(25)17-13-20-15(3)12-21-17/h5-6,11-13H,4,7-10H2,1-3H3,(H,22,25)/p+1. The van der Waals surface area contributed by atoms with Gasteiger partial charge in [-0.2, -0.15) is 0 Å². The van der Waals surface area contributed by atoms with Crippen molar-refractivity contribution in [2.45, 2.75) is 20.8 Å². The molecule has 0 unspecified atom stereocenters. The fraction of sp³-hybridized carbons (Fsp3) is 0.421. The van der Waals surface area contributed by atoms with E-state index in [1.54, 1.807) is 11.1 Å². The van der Waals surface area contributed by atoms with E-state index in [0.29, 0.717) is 5.69 Å². The number of hydrogen-bond donors (Lipinski definition) is 2. The number of carbonyl (C=O) groups is 1. The van der Waals surface area contributed by atoms with Crippen LogP contribution in [-0.2, 0) is 0 Å². The number of nitrogens with zero attached hydrogens (tertiary/aromatic N) is 3. The number of nitrogens with one attached hydrogen (secondary N) is 2. The van der Waals surface area contributed by atoms with Crippen LogP contribution in [0.2, 0.25) is 0 Å². The zero-order valence-electron chi connectivity index (χ0n) is 15.2. The summed E-state index contributed by atoms with van der Waals surface area (Å²) < 4.78 is 0. The van der Waals surface area contributed by atoms with Crippen LogP contribution < -0.4 is 15.1 Å². The van der Waals surface area contributed by atoms with Gasteiger partial charge in [-0.1, -0.05) is 0 Å². The van der Waals surface area contributed by atoms with E-state index in [1.807, 2.05) is 19.1 Å². The van der Waals surface area contributed by atoms with Crippen molar-refractivity contribution < 1.29 is 9.69 Å². The quantitative estimate of drug-likeness (QED) is 0.874. The molecule has 2 heterocycles. The summed E-state index contributed by atoms with van der Waals surface area (Å²) in [6.45, 7) is 11.9. The van der Waals surface area contributed by atoms with Gasteiger partial charge in [0.2, 0.25) is 0 Å². The van der Waals surface area contributed by atoms with E-state index >= 15 is 0 Å². The lowest BCUT2D eigenvalue weighted by molar-refractivity contribution is -0.898. The van der Waals surface area contributed by atoms with Crippen molar-refractivity contribution >= 4 is 17.3 Å². The van der Waals surface area contributed by atoms with Gasteiger partial charge in [0.1, 0.15) is 5.69 Å². The molecular formula is C19H26N5O+.